The third-order valence-electron chi connectivity index (χ3n) is 5.28. The van der Waals surface area contributed by atoms with Crippen molar-refractivity contribution in [3.63, 3.8) is 0 Å². The number of carbonyl (C=O) groups is 3. The van der Waals surface area contributed by atoms with Crippen LogP contribution in [0.4, 0.5) is 9.80 Å². The summed E-state index contributed by atoms with van der Waals surface area (Å²) in [5.41, 5.74) is 7.69. The van der Waals surface area contributed by atoms with Crippen LogP contribution in [0.5, 0.6) is 0 Å². The lowest BCUT2D eigenvalue weighted by Crippen LogP contribution is -2.47. The second kappa shape index (κ2) is 9.76. The molecule has 3 amide bonds. The number of hydrogen-bond acceptors (Lipinski definition) is 7. The first-order valence-electron chi connectivity index (χ1n) is 10.2. The topological polar surface area (TPSA) is 142 Å². The van der Waals surface area contributed by atoms with Gasteiger partial charge in [-0.2, -0.15) is 0 Å². The number of carboxylic acid groups (broad SMARTS) is 1. The number of primary amides is 1. The molecule has 4 N–H and O–H groups in total. The lowest BCUT2D eigenvalue weighted by atomic mass is 10.1. The highest BCUT2D eigenvalue weighted by Gasteiger charge is 2.21. The van der Waals surface area contributed by atoms with Gasteiger partial charge in [0.15, 0.2) is 5.69 Å². The zero-order valence-electron chi connectivity index (χ0n) is 17.6. The summed E-state index contributed by atoms with van der Waals surface area (Å²) in [6, 6.07) is 10.7. The number of hydrogen-bond donors (Lipinski definition) is 3. The Morgan fingerprint density at radius 3 is 2.30 bits per heavy atom. The molecule has 0 aliphatic carbocycles. The van der Waals surface area contributed by atoms with Gasteiger partial charge >= 0.3 is 6.09 Å². The fourth-order valence-electron chi connectivity index (χ4n) is 3.48. The van der Waals surface area contributed by atoms with E-state index >= 15 is 0 Å². The van der Waals surface area contributed by atoms with E-state index in [2.05, 4.69) is 20.2 Å². The van der Waals surface area contributed by atoms with Gasteiger partial charge in [0.2, 0.25) is 0 Å². The number of thiazole rings is 1. The van der Waals surface area contributed by atoms with Gasteiger partial charge in [0, 0.05) is 56.2 Å². The van der Waals surface area contributed by atoms with Crippen LogP contribution in [-0.4, -0.2) is 69.0 Å². The normalized spacial score (nSPS) is 14.1. The number of amides is 3. The van der Waals surface area contributed by atoms with Crippen molar-refractivity contribution in [3.8, 4) is 10.6 Å². The minimum Gasteiger partial charge on any atom is -0.465 e. The third-order valence-corrected chi connectivity index (χ3v) is 6.30. The van der Waals surface area contributed by atoms with E-state index in [-0.39, 0.29) is 11.6 Å². The average Bonchev–Trinajstić information content (AvgIpc) is 3.24. The first-order chi connectivity index (χ1) is 15.9. The van der Waals surface area contributed by atoms with E-state index in [1.54, 1.807) is 36.7 Å². The number of pyridine rings is 1. The predicted molar refractivity (Wildman–Crippen MR) is 123 cm³/mol. The molecule has 0 atom stereocenters. The molecule has 3 aromatic rings. The van der Waals surface area contributed by atoms with Gasteiger partial charge in [0.05, 0.1) is 0 Å². The van der Waals surface area contributed by atoms with E-state index in [1.165, 1.54) is 16.2 Å². The van der Waals surface area contributed by atoms with Gasteiger partial charge in [-0.3, -0.25) is 19.5 Å². The van der Waals surface area contributed by atoms with Crippen molar-refractivity contribution in [3.05, 3.63) is 65.6 Å². The molecular weight excluding hydrogens is 444 g/mol. The Labute approximate surface area is 193 Å². The molecule has 11 heteroatoms. The van der Waals surface area contributed by atoms with Crippen molar-refractivity contribution in [1.29, 1.82) is 0 Å². The molecule has 0 bridgehead atoms. The van der Waals surface area contributed by atoms with E-state index < -0.39 is 12.0 Å². The van der Waals surface area contributed by atoms with E-state index in [4.69, 9.17) is 10.8 Å². The van der Waals surface area contributed by atoms with Crippen LogP contribution >= 0.6 is 11.3 Å². The minimum atomic E-state index is -0.890. The average molecular weight is 467 g/mol. The molecule has 0 saturated carbocycles. The Kier molecular flexibility index (Phi) is 6.61. The van der Waals surface area contributed by atoms with Crippen LogP contribution in [0.1, 0.15) is 26.4 Å². The van der Waals surface area contributed by atoms with Crippen LogP contribution < -0.4 is 11.1 Å². The van der Waals surface area contributed by atoms with Crippen LogP contribution in [0.25, 0.3) is 10.6 Å². The lowest BCUT2D eigenvalue weighted by molar-refractivity contribution is 0.0995. The van der Waals surface area contributed by atoms with Crippen molar-refractivity contribution in [2.24, 2.45) is 5.73 Å². The maximum absolute atomic E-state index is 12.8. The van der Waals surface area contributed by atoms with Crippen LogP contribution in [0.15, 0.2) is 48.8 Å². The molecule has 1 aliphatic heterocycles. The van der Waals surface area contributed by atoms with Gasteiger partial charge in [-0.25, -0.2) is 9.78 Å². The summed E-state index contributed by atoms with van der Waals surface area (Å²) < 4.78 is 0. The van der Waals surface area contributed by atoms with Gasteiger partial charge in [0.1, 0.15) is 10.0 Å². The number of nitrogens with one attached hydrogen (secondary N) is 1. The van der Waals surface area contributed by atoms with E-state index in [0.717, 1.165) is 11.1 Å². The molecule has 1 fully saturated rings. The summed E-state index contributed by atoms with van der Waals surface area (Å²) in [6.07, 6.45) is 2.34. The molecule has 0 unspecified atom stereocenters. The van der Waals surface area contributed by atoms with Crippen molar-refractivity contribution >= 4 is 34.2 Å². The molecule has 0 spiro atoms. The zero-order valence-corrected chi connectivity index (χ0v) is 18.4. The molecule has 3 heterocycles. The molecule has 1 aliphatic rings. The summed E-state index contributed by atoms with van der Waals surface area (Å²) >= 11 is 1.17. The Balaban J connectivity index is 1.41. The molecule has 10 nitrogen and oxygen atoms in total. The highest BCUT2D eigenvalue weighted by atomic mass is 32.1. The third kappa shape index (κ3) is 5.33. The maximum Gasteiger partial charge on any atom is 0.407 e. The van der Waals surface area contributed by atoms with Crippen molar-refractivity contribution in [1.82, 2.24) is 19.8 Å². The summed E-state index contributed by atoms with van der Waals surface area (Å²) in [7, 11) is 0. The second-order valence-corrected chi connectivity index (χ2v) is 8.49. The van der Waals surface area contributed by atoms with Gasteiger partial charge in [-0.05, 0) is 29.8 Å². The molecule has 4 rings (SSSR count). The molecule has 1 aromatic carbocycles. The Bertz CT molecular complexity index is 1160. The first kappa shape index (κ1) is 22.4. The van der Waals surface area contributed by atoms with Crippen molar-refractivity contribution < 1.29 is 19.5 Å². The number of carbonyl (C=O) groups excluding carboxylic acids is 2. The summed E-state index contributed by atoms with van der Waals surface area (Å²) in [5.74, 6) is -1.09. The second-order valence-electron chi connectivity index (χ2n) is 7.49. The number of benzene rings is 1. The Morgan fingerprint density at radius 2 is 1.70 bits per heavy atom. The SMILES string of the molecule is NC(=O)c1nc(-c2ccncc2)sc1NC(=O)c1ccc(CN2CCN(C(=O)O)CC2)cc1. The molecule has 1 saturated heterocycles. The van der Waals surface area contributed by atoms with Gasteiger partial charge in [-0.15, -0.1) is 0 Å². The molecule has 170 valence electrons. The Morgan fingerprint density at radius 1 is 1.03 bits per heavy atom. The monoisotopic (exact) mass is 466 g/mol. The standard InChI is InChI=1S/C22H22N6O4S/c23-18(29)17-21(33-20(25-17)16-5-7-24-8-6-16)26-19(30)15-3-1-14(2-4-15)13-27-9-11-28(12-10-27)22(31)32/h1-8H,9-13H2,(H2,23,29)(H,26,30)(H,31,32). The number of nitrogens with two attached hydrogens (primary N) is 1. The number of rotatable bonds is 6. The largest absolute Gasteiger partial charge is 0.465 e. The zero-order chi connectivity index (χ0) is 23.4. The quantitative estimate of drug-likeness (QED) is 0.506. The fourth-order valence-corrected chi connectivity index (χ4v) is 4.45. The first-order valence-corrected chi connectivity index (χ1v) is 11.0. The lowest BCUT2D eigenvalue weighted by Gasteiger charge is -2.33. The van der Waals surface area contributed by atoms with Crippen LogP contribution in [0.3, 0.4) is 0 Å². The maximum atomic E-state index is 12.8. The van der Waals surface area contributed by atoms with Crippen molar-refractivity contribution in [2.75, 3.05) is 31.5 Å². The number of nitrogens with zero attached hydrogens (tertiary/aromatic N) is 4. The molecule has 2 aromatic heterocycles. The number of piperazine rings is 1. The van der Waals surface area contributed by atoms with Gasteiger partial charge in [-0.1, -0.05) is 23.5 Å². The smallest absolute Gasteiger partial charge is 0.407 e. The molecule has 0 radical (unpaired) electrons. The summed E-state index contributed by atoms with van der Waals surface area (Å²) in [5, 5.41) is 12.6. The van der Waals surface area contributed by atoms with E-state index in [0.29, 0.717) is 48.3 Å². The predicted octanol–water partition coefficient (Wildman–Crippen LogP) is 2.35. The molecule has 33 heavy (non-hydrogen) atoms. The van der Waals surface area contributed by atoms with E-state index in [9.17, 15) is 14.4 Å². The van der Waals surface area contributed by atoms with Crippen LogP contribution in [0, 0.1) is 0 Å². The van der Waals surface area contributed by atoms with Gasteiger partial charge < -0.3 is 21.1 Å². The Hall–Kier alpha value is -3.83. The summed E-state index contributed by atoms with van der Waals surface area (Å²) in [4.78, 5) is 47.5. The van der Waals surface area contributed by atoms with Crippen LogP contribution in [0.2, 0.25) is 0 Å². The number of aromatic nitrogens is 2. The highest BCUT2D eigenvalue weighted by molar-refractivity contribution is 7.19. The molecular formula is C22H22N6O4S. The van der Waals surface area contributed by atoms with Crippen molar-refractivity contribution in [2.45, 2.75) is 6.54 Å². The summed E-state index contributed by atoms with van der Waals surface area (Å²) in [6.45, 7) is 2.96. The minimum absolute atomic E-state index is 0.0114. The van der Waals surface area contributed by atoms with Crippen LogP contribution in [-0.2, 0) is 6.54 Å². The fraction of sp³-hybridized carbons (Fsp3) is 0.227. The van der Waals surface area contributed by atoms with Gasteiger partial charge in [0.25, 0.3) is 11.8 Å². The number of anilines is 1. The highest BCUT2D eigenvalue weighted by Crippen LogP contribution is 2.32. The van der Waals surface area contributed by atoms with E-state index in [1.807, 2.05) is 12.1 Å².